The molecule has 0 aliphatic carbocycles. The number of nitrogens with zero attached hydrogens (tertiary/aromatic N) is 3. The molecule has 1 aromatic heterocycles. The molecule has 0 radical (unpaired) electrons. The highest BCUT2D eigenvalue weighted by molar-refractivity contribution is 6.30. The fourth-order valence-electron chi connectivity index (χ4n) is 2.49. The Morgan fingerprint density at radius 1 is 1.41 bits per heavy atom. The van der Waals surface area contributed by atoms with Crippen molar-refractivity contribution in [3.8, 4) is 0 Å². The van der Waals surface area contributed by atoms with Gasteiger partial charge in [-0.3, -0.25) is 14.9 Å². The average molecular weight is 322 g/mol. The Morgan fingerprint density at radius 3 is 2.55 bits per heavy atom. The number of carbonyl (C=O) groups excluding carboxylic acids is 1. The van der Waals surface area contributed by atoms with E-state index in [0.29, 0.717) is 10.6 Å². The minimum Gasteiger partial charge on any atom is -0.332 e. The van der Waals surface area contributed by atoms with Gasteiger partial charge in [-0.15, -0.1) is 0 Å². The maximum absolute atomic E-state index is 12.8. The Bertz CT molecular complexity index is 682. The van der Waals surface area contributed by atoms with E-state index in [1.807, 2.05) is 0 Å². The van der Waals surface area contributed by atoms with Crippen LogP contribution in [-0.4, -0.2) is 26.8 Å². The molecule has 0 saturated carbocycles. The molecule has 7 heteroatoms. The molecule has 0 fully saturated rings. The third-order valence-corrected chi connectivity index (χ3v) is 3.81. The molecule has 1 heterocycles. The molecule has 0 bridgehead atoms. The van der Waals surface area contributed by atoms with Crippen LogP contribution in [0.25, 0.3) is 0 Å². The van der Waals surface area contributed by atoms with E-state index in [2.05, 4.69) is 4.98 Å². The van der Waals surface area contributed by atoms with Crippen LogP contribution in [0, 0.1) is 16.0 Å². The zero-order chi connectivity index (χ0) is 16.3. The first-order valence-corrected chi connectivity index (χ1v) is 7.16. The summed E-state index contributed by atoms with van der Waals surface area (Å²) >= 11 is 5.88. The number of carbonyl (C=O) groups is 1. The van der Waals surface area contributed by atoms with Crippen LogP contribution in [0.3, 0.4) is 0 Å². The summed E-state index contributed by atoms with van der Waals surface area (Å²) in [5.74, 6) is -1.04. The van der Waals surface area contributed by atoms with E-state index in [-0.39, 0.29) is 18.2 Å². The molecule has 6 nitrogen and oxygen atoms in total. The third-order valence-electron chi connectivity index (χ3n) is 3.56. The lowest BCUT2D eigenvalue weighted by atomic mass is 9.83. The molecular weight excluding hydrogens is 306 g/mol. The summed E-state index contributed by atoms with van der Waals surface area (Å²) in [5.41, 5.74) is 0.701. The van der Waals surface area contributed by atoms with Crippen molar-refractivity contribution in [2.75, 3.05) is 6.54 Å². The molecule has 0 amide bonds. The number of rotatable bonds is 6. The van der Waals surface area contributed by atoms with Gasteiger partial charge in [0.2, 0.25) is 12.3 Å². The molecule has 2 rings (SSSR count). The Kier molecular flexibility index (Phi) is 4.92. The summed E-state index contributed by atoms with van der Waals surface area (Å²) in [7, 11) is 1.72. The van der Waals surface area contributed by atoms with Crippen LogP contribution in [0.15, 0.2) is 36.7 Å². The quantitative estimate of drug-likeness (QED) is 0.465. The number of aryl methyl sites for hydroxylation is 1. The maximum atomic E-state index is 12.8. The number of hydrogen-bond donors (Lipinski definition) is 0. The van der Waals surface area contributed by atoms with Gasteiger partial charge in [-0.05, 0) is 17.7 Å². The average Bonchev–Trinajstić information content (AvgIpc) is 2.86. The molecule has 2 atom stereocenters. The van der Waals surface area contributed by atoms with Gasteiger partial charge in [0.25, 0.3) is 0 Å². The number of aromatic nitrogens is 2. The topological polar surface area (TPSA) is 78.0 Å². The van der Waals surface area contributed by atoms with Crippen molar-refractivity contribution in [2.45, 2.75) is 12.8 Å². The van der Waals surface area contributed by atoms with E-state index in [0.717, 1.165) is 0 Å². The predicted octanol–water partition coefficient (Wildman–Crippen LogP) is 2.95. The molecule has 0 spiro atoms. The predicted molar refractivity (Wildman–Crippen MR) is 82.8 cm³/mol. The van der Waals surface area contributed by atoms with E-state index < -0.39 is 16.8 Å². The molecule has 0 N–H and O–H groups in total. The van der Waals surface area contributed by atoms with Crippen molar-refractivity contribution >= 4 is 17.4 Å². The van der Waals surface area contributed by atoms with Gasteiger partial charge in [0, 0.05) is 35.3 Å². The van der Waals surface area contributed by atoms with Gasteiger partial charge in [0.1, 0.15) is 0 Å². The minimum absolute atomic E-state index is 0.232. The van der Waals surface area contributed by atoms with Crippen molar-refractivity contribution in [3.05, 3.63) is 63.2 Å². The first-order valence-electron chi connectivity index (χ1n) is 6.79. The second kappa shape index (κ2) is 6.70. The van der Waals surface area contributed by atoms with E-state index in [4.69, 9.17) is 11.6 Å². The maximum Gasteiger partial charge on any atom is 0.207 e. The van der Waals surface area contributed by atoms with Crippen LogP contribution in [0.4, 0.5) is 0 Å². The highest BCUT2D eigenvalue weighted by Gasteiger charge is 2.32. The van der Waals surface area contributed by atoms with Crippen LogP contribution in [0.1, 0.15) is 29.0 Å². The summed E-state index contributed by atoms with van der Waals surface area (Å²) in [6, 6.07) is 6.80. The number of nitro groups is 1. The number of imidazole rings is 1. The van der Waals surface area contributed by atoms with E-state index in [1.54, 1.807) is 49.0 Å². The number of Topliss-reactive ketones (excluding diaryl/α,β-unsaturated/α-hetero) is 1. The van der Waals surface area contributed by atoms with Crippen molar-refractivity contribution in [2.24, 2.45) is 13.0 Å². The molecule has 0 unspecified atom stereocenters. The second-order valence-electron chi connectivity index (χ2n) is 5.25. The molecule has 0 saturated heterocycles. The van der Waals surface area contributed by atoms with Crippen molar-refractivity contribution in [3.63, 3.8) is 0 Å². The summed E-state index contributed by atoms with van der Waals surface area (Å²) in [4.78, 5) is 27.3. The second-order valence-corrected chi connectivity index (χ2v) is 5.68. The van der Waals surface area contributed by atoms with Crippen LogP contribution in [0.5, 0.6) is 0 Å². The van der Waals surface area contributed by atoms with Gasteiger partial charge in [0.05, 0.1) is 5.92 Å². The van der Waals surface area contributed by atoms with Gasteiger partial charge in [-0.1, -0.05) is 30.7 Å². The molecule has 22 heavy (non-hydrogen) atoms. The zero-order valence-corrected chi connectivity index (χ0v) is 13.0. The zero-order valence-electron chi connectivity index (χ0n) is 12.3. The van der Waals surface area contributed by atoms with Crippen molar-refractivity contribution in [1.82, 2.24) is 9.55 Å². The Balaban J connectivity index is 2.41. The minimum atomic E-state index is -0.635. The number of ketones is 1. The molecule has 0 aliphatic heterocycles. The molecule has 1 aromatic carbocycles. The summed E-state index contributed by atoms with van der Waals surface area (Å²) in [6.07, 6.45) is 3.20. The lowest BCUT2D eigenvalue weighted by Crippen LogP contribution is -2.27. The standard InChI is InChI=1S/C15H16ClN3O3/c1-10(9-19(21)22)13(11-3-5-12(16)6-4-11)14(20)15-17-7-8-18(15)2/h3-8,10,13H,9H2,1-2H3/t10-,13+/m1/s1. The van der Waals surface area contributed by atoms with Gasteiger partial charge in [-0.25, -0.2) is 4.98 Å². The third kappa shape index (κ3) is 3.51. The number of halogens is 1. The first-order chi connectivity index (χ1) is 10.4. The molecule has 116 valence electrons. The molecular formula is C15H16ClN3O3. The molecule has 2 aromatic rings. The summed E-state index contributed by atoms with van der Waals surface area (Å²) < 4.78 is 1.62. The highest BCUT2D eigenvalue weighted by atomic mass is 35.5. The van der Waals surface area contributed by atoms with E-state index in [1.165, 1.54) is 6.20 Å². The summed E-state index contributed by atoms with van der Waals surface area (Å²) in [5, 5.41) is 11.4. The Morgan fingerprint density at radius 2 is 2.05 bits per heavy atom. The van der Waals surface area contributed by atoms with Crippen molar-refractivity contribution < 1.29 is 9.72 Å². The fraction of sp³-hybridized carbons (Fsp3) is 0.333. The van der Waals surface area contributed by atoms with Gasteiger partial charge in [-0.2, -0.15) is 0 Å². The summed E-state index contributed by atoms with van der Waals surface area (Å²) in [6.45, 7) is 1.41. The first kappa shape index (κ1) is 16.2. The van der Waals surface area contributed by atoms with Crippen LogP contribution >= 0.6 is 11.6 Å². The van der Waals surface area contributed by atoms with Gasteiger partial charge >= 0.3 is 0 Å². The van der Waals surface area contributed by atoms with Crippen molar-refractivity contribution in [1.29, 1.82) is 0 Å². The van der Waals surface area contributed by atoms with E-state index >= 15 is 0 Å². The normalized spacial score (nSPS) is 13.6. The van der Waals surface area contributed by atoms with Crippen LogP contribution in [-0.2, 0) is 7.05 Å². The lowest BCUT2D eigenvalue weighted by Gasteiger charge is -2.20. The SMILES string of the molecule is C[C@H](C[N+](=O)[O-])[C@H](C(=O)c1nccn1C)c1ccc(Cl)cc1. The van der Waals surface area contributed by atoms with Crippen LogP contribution in [0.2, 0.25) is 5.02 Å². The monoisotopic (exact) mass is 321 g/mol. The largest absolute Gasteiger partial charge is 0.332 e. The smallest absolute Gasteiger partial charge is 0.207 e. The highest BCUT2D eigenvalue weighted by Crippen LogP contribution is 2.29. The van der Waals surface area contributed by atoms with Gasteiger partial charge in [0.15, 0.2) is 5.82 Å². The molecule has 0 aliphatic rings. The fourth-order valence-corrected chi connectivity index (χ4v) is 2.62. The van der Waals surface area contributed by atoms with E-state index in [9.17, 15) is 14.9 Å². The lowest BCUT2D eigenvalue weighted by molar-refractivity contribution is -0.487. The number of benzene rings is 1. The Labute approximate surface area is 132 Å². The van der Waals surface area contributed by atoms with Crippen LogP contribution < -0.4 is 0 Å². The Hall–Kier alpha value is -2.21. The number of hydrogen-bond acceptors (Lipinski definition) is 4. The van der Waals surface area contributed by atoms with Gasteiger partial charge < -0.3 is 4.57 Å².